The number of urea groups is 1. The van der Waals surface area contributed by atoms with Crippen LogP contribution in [0, 0.1) is 0 Å². The van der Waals surface area contributed by atoms with Gasteiger partial charge in [0.15, 0.2) is 5.82 Å². The number of benzene rings is 2. The molecular weight excluding hydrogens is 443 g/mol. The van der Waals surface area contributed by atoms with Crippen LogP contribution in [-0.4, -0.2) is 40.5 Å². The van der Waals surface area contributed by atoms with Crippen LogP contribution in [0.4, 0.5) is 29.5 Å². The number of nitrogens with zero attached hydrogens (tertiary/aromatic N) is 4. The first-order valence-electron chi connectivity index (χ1n) is 11.3. The smallest absolute Gasteiger partial charge is 0.356 e. The van der Waals surface area contributed by atoms with E-state index in [4.69, 9.17) is 9.97 Å². The Bertz CT molecular complexity index is 1190. The summed E-state index contributed by atoms with van der Waals surface area (Å²) >= 11 is 0. The predicted octanol–water partition coefficient (Wildman–Crippen LogP) is 5.35. The molecule has 0 unspecified atom stereocenters. The number of amides is 2. The van der Waals surface area contributed by atoms with Gasteiger partial charge in [-0.25, -0.2) is 14.8 Å². The number of rotatable bonds is 3. The summed E-state index contributed by atoms with van der Waals surface area (Å²) < 4.78 is 39.1. The van der Waals surface area contributed by atoms with E-state index in [0.717, 1.165) is 60.7 Å². The molecule has 0 aliphatic carbocycles. The zero-order chi connectivity index (χ0) is 23.7. The maximum Gasteiger partial charge on any atom is 0.416 e. The van der Waals surface area contributed by atoms with Gasteiger partial charge in [0.2, 0.25) is 0 Å². The molecule has 3 aromatic rings. The normalized spacial score (nSPS) is 15.9. The highest BCUT2D eigenvalue weighted by molar-refractivity contribution is 5.89. The van der Waals surface area contributed by atoms with Crippen molar-refractivity contribution in [2.24, 2.45) is 0 Å². The van der Waals surface area contributed by atoms with Crippen molar-refractivity contribution >= 4 is 17.5 Å². The van der Waals surface area contributed by atoms with Crippen LogP contribution in [0.25, 0.3) is 11.4 Å². The summed E-state index contributed by atoms with van der Waals surface area (Å²) in [5, 5.41) is 2.61. The summed E-state index contributed by atoms with van der Waals surface area (Å²) in [7, 11) is 0. The molecule has 0 bridgehead atoms. The maximum absolute atomic E-state index is 13.0. The summed E-state index contributed by atoms with van der Waals surface area (Å²) in [5.74, 6) is 1.51. The molecule has 0 spiro atoms. The van der Waals surface area contributed by atoms with Crippen LogP contribution in [0.15, 0.2) is 54.6 Å². The number of carbonyl (C=O) groups excluding carboxylic acids is 1. The SMILES string of the molecule is O=C(Nc1cccc(C(F)(F)F)c1)N1CCc2nc(-c3ccccc3)nc(N3CCCC3)c2C1. The van der Waals surface area contributed by atoms with E-state index in [0.29, 0.717) is 25.3 Å². The molecule has 1 fully saturated rings. The lowest BCUT2D eigenvalue weighted by molar-refractivity contribution is -0.137. The van der Waals surface area contributed by atoms with Crippen molar-refractivity contribution in [1.29, 1.82) is 0 Å². The second kappa shape index (κ2) is 8.96. The van der Waals surface area contributed by atoms with Gasteiger partial charge in [0.25, 0.3) is 0 Å². The van der Waals surface area contributed by atoms with Gasteiger partial charge in [-0.05, 0) is 31.0 Å². The topological polar surface area (TPSA) is 61.4 Å². The third-order valence-electron chi connectivity index (χ3n) is 6.20. The van der Waals surface area contributed by atoms with Crippen molar-refractivity contribution in [3.05, 3.63) is 71.4 Å². The fourth-order valence-corrected chi connectivity index (χ4v) is 4.45. The monoisotopic (exact) mass is 467 g/mol. The first-order chi connectivity index (χ1) is 16.4. The van der Waals surface area contributed by atoms with Crippen molar-refractivity contribution in [1.82, 2.24) is 14.9 Å². The Kier molecular flexibility index (Phi) is 5.85. The number of hydrogen-bond donors (Lipinski definition) is 1. The van der Waals surface area contributed by atoms with Crippen molar-refractivity contribution in [3.8, 4) is 11.4 Å². The summed E-state index contributed by atoms with van der Waals surface area (Å²) in [6, 6.07) is 14.0. The van der Waals surface area contributed by atoms with E-state index < -0.39 is 17.8 Å². The minimum absolute atomic E-state index is 0.112. The summed E-state index contributed by atoms with van der Waals surface area (Å²) in [6.45, 7) is 2.52. The van der Waals surface area contributed by atoms with Gasteiger partial charge >= 0.3 is 12.2 Å². The van der Waals surface area contributed by atoms with E-state index in [1.807, 2.05) is 30.3 Å². The molecule has 2 aromatic carbocycles. The van der Waals surface area contributed by atoms with Crippen molar-refractivity contribution in [3.63, 3.8) is 0 Å². The van der Waals surface area contributed by atoms with Crippen LogP contribution in [0.5, 0.6) is 0 Å². The van der Waals surface area contributed by atoms with E-state index >= 15 is 0 Å². The summed E-state index contributed by atoms with van der Waals surface area (Å²) in [6.07, 6.45) is -1.75. The molecule has 5 rings (SSSR count). The average Bonchev–Trinajstić information content (AvgIpc) is 3.38. The Hall–Kier alpha value is -3.62. The molecule has 2 aliphatic heterocycles. The lowest BCUT2D eigenvalue weighted by Crippen LogP contribution is -2.40. The number of alkyl halides is 3. The van der Waals surface area contributed by atoms with Gasteiger partial charge in [0, 0.05) is 42.9 Å². The van der Waals surface area contributed by atoms with E-state index in [1.165, 1.54) is 12.1 Å². The maximum atomic E-state index is 13.0. The second-order valence-corrected chi connectivity index (χ2v) is 8.54. The Morgan fingerprint density at radius 1 is 0.941 bits per heavy atom. The standard InChI is InChI=1S/C25H24F3N5O/c26-25(27,28)18-9-6-10-19(15-18)29-24(34)33-14-11-21-20(16-33)23(32-12-4-5-13-32)31-22(30-21)17-7-2-1-3-8-17/h1-3,6-10,15H,4-5,11-14,16H2,(H,29,34). The van der Waals surface area contributed by atoms with Crippen molar-refractivity contribution in [2.75, 3.05) is 29.9 Å². The van der Waals surface area contributed by atoms with E-state index in [2.05, 4.69) is 10.2 Å². The van der Waals surface area contributed by atoms with Crippen LogP contribution in [0.3, 0.4) is 0 Å². The molecule has 6 nitrogen and oxygen atoms in total. The molecule has 0 radical (unpaired) electrons. The number of nitrogens with one attached hydrogen (secondary N) is 1. The van der Waals surface area contributed by atoms with Crippen LogP contribution in [0.1, 0.15) is 29.7 Å². The number of carbonyl (C=O) groups is 1. The van der Waals surface area contributed by atoms with Crippen LogP contribution in [0.2, 0.25) is 0 Å². The number of halogens is 3. The highest BCUT2D eigenvalue weighted by atomic mass is 19.4. The molecule has 2 amide bonds. The molecule has 1 saturated heterocycles. The Morgan fingerprint density at radius 2 is 1.71 bits per heavy atom. The minimum Gasteiger partial charge on any atom is -0.356 e. The number of aromatic nitrogens is 2. The Balaban J connectivity index is 1.41. The molecule has 0 saturated carbocycles. The van der Waals surface area contributed by atoms with Gasteiger partial charge in [0.05, 0.1) is 17.8 Å². The van der Waals surface area contributed by atoms with Crippen molar-refractivity contribution < 1.29 is 18.0 Å². The third kappa shape index (κ3) is 4.55. The Labute approximate surface area is 195 Å². The zero-order valence-corrected chi connectivity index (χ0v) is 18.5. The second-order valence-electron chi connectivity index (χ2n) is 8.54. The lowest BCUT2D eigenvalue weighted by Gasteiger charge is -2.32. The predicted molar refractivity (Wildman–Crippen MR) is 123 cm³/mol. The van der Waals surface area contributed by atoms with Gasteiger partial charge in [-0.2, -0.15) is 13.2 Å². The van der Waals surface area contributed by atoms with Crippen LogP contribution < -0.4 is 10.2 Å². The lowest BCUT2D eigenvalue weighted by atomic mass is 10.0. The first kappa shape index (κ1) is 22.2. The quantitative estimate of drug-likeness (QED) is 0.564. The average molecular weight is 467 g/mol. The highest BCUT2D eigenvalue weighted by Crippen LogP contribution is 2.33. The summed E-state index contributed by atoms with van der Waals surface area (Å²) in [4.78, 5) is 26.5. The molecule has 1 aromatic heterocycles. The Morgan fingerprint density at radius 3 is 2.44 bits per heavy atom. The fraction of sp³-hybridized carbons (Fsp3) is 0.320. The number of fused-ring (bicyclic) bond motifs is 1. The first-order valence-corrected chi connectivity index (χ1v) is 11.3. The van der Waals surface area contributed by atoms with Gasteiger partial charge in [0.1, 0.15) is 5.82 Å². The number of hydrogen-bond acceptors (Lipinski definition) is 4. The largest absolute Gasteiger partial charge is 0.416 e. The molecular formula is C25H24F3N5O. The zero-order valence-electron chi connectivity index (χ0n) is 18.5. The molecule has 3 heterocycles. The fourth-order valence-electron chi connectivity index (χ4n) is 4.45. The van der Waals surface area contributed by atoms with Crippen LogP contribution >= 0.6 is 0 Å². The van der Waals surface area contributed by atoms with Gasteiger partial charge in [-0.3, -0.25) is 0 Å². The molecule has 0 atom stereocenters. The number of anilines is 2. The molecule has 9 heteroatoms. The third-order valence-corrected chi connectivity index (χ3v) is 6.20. The van der Waals surface area contributed by atoms with Crippen LogP contribution in [-0.2, 0) is 19.1 Å². The van der Waals surface area contributed by atoms with Gasteiger partial charge in [-0.1, -0.05) is 36.4 Å². The molecule has 176 valence electrons. The molecule has 1 N–H and O–H groups in total. The van der Waals surface area contributed by atoms with Crippen molar-refractivity contribution in [2.45, 2.75) is 32.0 Å². The molecule has 2 aliphatic rings. The summed E-state index contributed by atoms with van der Waals surface area (Å²) in [5.41, 5.74) is 2.08. The minimum atomic E-state index is -4.47. The van der Waals surface area contributed by atoms with E-state index in [1.54, 1.807) is 4.90 Å². The van der Waals surface area contributed by atoms with Gasteiger partial charge < -0.3 is 15.1 Å². The van der Waals surface area contributed by atoms with Gasteiger partial charge in [-0.15, -0.1) is 0 Å². The van der Waals surface area contributed by atoms with E-state index in [-0.39, 0.29) is 5.69 Å². The van der Waals surface area contributed by atoms with E-state index in [9.17, 15) is 18.0 Å². The molecule has 34 heavy (non-hydrogen) atoms. The highest BCUT2D eigenvalue weighted by Gasteiger charge is 2.31.